The van der Waals surface area contributed by atoms with Gasteiger partial charge in [0.15, 0.2) is 0 Å². The van der Waals surface area contributed by atoms with Crippen LogP contribution in [0.5, 0.6) is 5.75 Å². The van der Waals surface area contributed by atoms with Gasteiger partial charge in [-0.1, -0.05) is 12.1 Å². The maximum Gasteiger partial charge on any atom is 0.410 e. The Balaban J connectivity index is 2.18. The lowest BCUT2D eigenvalue weighted by molar-refractivity contribution is -0.122. The quantitative estimate of drug-likeness (QED) is 0.283. The van der Waals surface area contributed by atoms with E-state index in [1.165, 1.54) is 4.90 Å². The number of carbonyl (C=O) groups excluding carboxylic acids is 4. The van der Waals surface area contributed by atoms with Gasteiger partial charge in [0.05, 0.1) is 6.04 Å². The van der Waals surface area contributed by atoms with Crippen molar-refractivity contribution in [3.05, 3.63) is 29.8 Å². The molecule has 4 N–H and O–H groups in total. The van der Waals surface area contributed by atoms with Crippen LogP contribution in [0.15, 0.2) is 24.3 Å². The van der Waals surface area contributed by atoms with Gasteiger partial charge in [-0.2, -0.15) is 0 Å². The molecule has 1 aliphatic rings. The fraction of sp³-hybridized carbons (Fsp3) is 0.714. The number of rotatable bonds is 7. The SMILES string of the molecule is CC(C)(C)OC(=O)N1CCN(CCCNC(=O)C(N)Cc2ccc(O)cc2)CCN(C(=O)OC(C)(C)C)CCN(C(=O)OC(C)(C)C)CC1. The van der Waals surface area contributed by atoms with Crippen molar-refractivity contribution in [3.8, 4) is 5.75 Å². The molecule has 0 aromatic heterocycles. The summed E-state index contributed by atoms with van der Waals surface area (Å²) in [6.07, 6.45) is -0.574. The van der Waals surface area contributed by atoms with Crippen molar-refractivity contribution in [2.45, 2.75) is 98.0 Å². The van der Waals surface area contributed by atoms with Crippen molar-refractivity contribution in [1.29, 1.82) is 0 Å². The van der Waals surface area contributed by atoms with Crippen LogP contribution in [0.3, 0.4) is 0 Å². The molecule has 1 aromatic carbocycles. The Morgan fingerprint density at radius 3 is 1.43 bits per heavy atom. The molecule has 0 bridgehead atoms. The Morgan fingerprint density at radius 2 is 1.06 bits per heavy atom. The summed E-state index contributed by atoms with van der Waals surface area (Å²) >= 11 is 0. The van der Waals surface area contributed by atoms with Crippen LogP contribution >= 0.6 is 0 Å². The van der Waals surface area contributed by atoms with Crippen molar-refractivity contribution in [3.63, 3.8) is 0 Å². The zero-order chi connectivity index (χ0) is 37.0. The number of nitrogens with two attached hydrogens (primary N) is 1. The first-order valence-electron chi connectivity index (χ1n) is 17.1. The summed E-state index contributed by atoms with van der Waals surface area (Å²) in [6.45, 7) is 19.4. The second kappa shape index (κ2) is 18.3. The predicted molar refractivity (Wildman–Crippen MR) is 187 cm³/mol. The monoisotopic (exact) mass is 692 g/mol. The number of hydrogen-bond acceptors (Lipinski definition) is 10. The molecule has 1 unspecified atom stereocenters. The van der Waals surface area contributed by atoms with E-state index in [1.807, 2.05) is 0 Å². The lowest BCUT2D eigenvalue weighted by Gasteiger charge is -2.35. The number of phenolic OH excluding ortho intramolecular Hbond substituents is 1. The number of amides is 4. The third-order valence-electron chi connectivity index (χ3n) is 7.29. The number of ether oxygens (including phenoxy) is 3. The highest BCUT2D eigenvalue weighted by atomic mass is 16.6. The number of hydrogen-bond donors (Lipinski definition) is 3. The average molecular weight is 693 g/mol. The van der Waals surface area contributed by atoms with Gasteiger partial charge in [0, 0.05) is 58.9 Å². The minimum atomic E-state index is -0.740. The number of benzene rings is 1. The van der Waals surface area contributed by atoms with Gasteiger partial charge < -0.3 is 45.1 Å². The van der Waals surface area contributed by atoms with Gasteiger partial charge in [-0.25, -0.2) is 14.4 Å². The van der Waals surface area contributed by atoms with Crippen LogP contribution in [0.4, 0.5) is 14.4 Å². The smallest absolute Gasteiger partial charge is 0.410 e. The van der Waals surface area contributed by atoms with Gasteiger partial charge in [0.25, 0.3) is 0 Å². The number of carbonyl (C=O) groups is 4. The summed E-state index contributed by atoms with van der Waals surface area (Å²) < 4.78 is 17.0. The Kier molecular flexibility index (Phi) is 15.4. The molecule has 1 aromatic rings. The largest absolute Gasteiger partial charge is 0.508 e. The van der Waals surface area contributed by atoms with Gasteiger partial charge in [0.2, 0.25) is 5.91 Å². The van der Waals surface area contributed by atoms with Crippen LogP contribution in [0, 0.1) is 0 Å². The summed E-state index contributed by atoms with van der Waals surface area (Å²) in [7, 11) is 0. The van der Waals surface area contributed by atoms with Crippen LogP contribution in [-0.4, -0.2) is 137 Å². The number of aromatic hydroxyl groups is 1. The van der Waals surface area contributed by atoms with Crippen LogP contribution in [0.2, 0.25) is 0 Å². The predicted octanol–water partition coefficient (Wildman–Crippen LogP) is 3.80. The third kappa shape index (κ3) is 16.9. The van der Waals surface area contributed by atoms with Crippen molar-refractivity contribution < 1.29 is 38.5 Å². The summed E-state index contributed by atoms with van der Waals surface area (Å²) in [5, 5.41) is 12.4. The van der Waals surface area contributed by atoms with E-state index in [2.05, 4.69) is 10.2 Å². The van der Waals surface area contributed by atoms with E-state index in [-0.39, 0.29) is 37.8 Å². The molecule has 1 saturated heterocycles. The molecule has 278 valence electrons. The van der Waals surface area contributed by atoms with E-state index in [0.717, 1.165) is 5.56 Å². The third-order valence-corrected chi connectivity index (χ3v) is 7.29. The number of phenols is 1. The zero-order valence-corrected chi connectivity index (χ0v) is 31.0. The molecule has 1 aliphatic heterocycles. The Labute approximate surface area is 292 Å². The molecule has 0 radical (unpaired) electrons. The second-order valence-corrected chi connectivity index (χ2v) is 15.4. The van der Waals surface area contributed by atoms with Crippen LogP contribution in [0.25, 0.3) is 0 Å². The average Bonchev–Trinajstić information content (AvgIpc) is 2.94. The number of nitrogens with zero attached hydrogens (tertiary/aromatic N) is 4. The molecule has 0 aliphatic carbocycles. The molecule has 1 heterocycles. The minimum Gasteiger partial charge on any atom is -0.508 e. The molecule has 1 fully saturated rings. The lowest BCUT2D eigenvalue weighted by Crippen LogP contribution is -2.51. The highest BCUT2D eigenvalue weighted by molar-refractivity contribution is 5.81. The maximum atomic E-state index is 13.3. The molecule has 14 nitrogen and oxygen atoms in total. The Morgan fingerprint density at radius 1 is 0.694 bits per heavy atom. The Hall–Kier alpha value is -3.78. The topological polar surface area (TPSA) is 167 Å². The molecular formula is C35H60N6O8. The molecule has 4 amide bonds. The van der Waals surface area contributed by atoms with Crippen LogP contribution < -0.4 is 11.1 Å². The van der Waals surface area contributed by atoms with E-state index in [4.69, 9.17) is 19.9 Å². The van der Waals surface area contributed by atoms with Gasteiger partial charge in [-0.15, -0.1) is 0 Å². The molecule has 2 rings (SSSR count). The van der Waals surface area contributed by atoms with Crippen molar-refractivity contribution in [2.24, 2.45) is 5.73 Å². The number of nitrogens with one attached hydrogen (secondary N) is 1. The highest BCUT2D eigenvalue weighted by Gasteiger charge is 2.29. The molecular weight excluding hydrogens is 632 g/mol. The van der Waals surface area contributed by atoms with Crippen molar-refractivity contribution >= 4 is 24.2 Å². The van der Waals surface area contributed by atoms with Gasteiger partial charge in [-0.3, -0.25) is 9.69 Å². The van der Waals surface area contributed by atoms with Crippen molar-refractivity contribution in [1.82, 2.24) is 24.9 Å². The Bertz CT molecular complexity index is 1180. The van der Waals surface area contributed by atoms with E-state index in [0.29, 0.717) is 52.1 Å². The fourth-order valence-corrected chi connectivity index (χ4v) is 4.83. The summed E-state index contributed by atoms with van der Waals surface area (Å²) in [4.78, 5) is 59.3. The van der Waals surface area contributed by atoms with Crippen LogP contribution in [-0.2, 0) is 25.4 Å². The van der Waals surface area contributed by atoms with Gasteiger partial charge in [-0.05, 0) is 99.4 Å². The molecule has 0 spiro atoms. The second-order valence-electron chi connectivity index (χ2n) is 15.4. The highest BCUT2D eigenvalue weighted by Crippen LogP contribution is 2.15. The molecule has 49 heavy (non-hydrogen) atoms. The first kappa shape index (κ1) is 41.4. The maximum absolute atomic E-state index is 13.3. The molecule has 0 saturated carbocycles. The van der Waals surface area contributed by atoms with E-state index in [1.54, 1.807) is 96.4 Å². The van der Waals surface area contributed by atoms with Gasteiger partial charge in [0.1, 0.15) is 22.6 Å². The van der Waals surface area contributed by atoms with Crippen molar-refractivity contribution in [2.75, 3.05) is 65.4 Å². The van der Waals surface area contributed by atoms with Gasteiger partial charge >= 0.3 is 18.3 Å². The summed E-state index contributed by atoms with van der Waals surface area (Å²) in [5.74, 6) is -0.127. The zero-order valence-electron chi connectivity index (χ0n) is 31.0. The van der Waals surface area contributed by atoms with Crippen LogP contribution in [0.1, 0.15) is 74.3 Å². The van der Waals surface area contributed by atoms with E-state index < -0.39 is 41.1 Å². The molecule has 1 atom stereocenters. The first-order valence-corrected chi connectivity index (χ1v) is 17.1. The fourth-order valence-electron chi connectivity index (χ4n) is 4.83. The summed E-state index contributed by atoms with van der Waals surface area (Å²) in [5.41, 5.74) is 4.83. The van der Waals surface area contributed by atoms with E-state index >= 15 is 0 Å². The standard InChI is InChI=1S/C35H60N6O8/c1-33(2,3)47-30(44)39-19-17-38(16-10-15-37-29(43)28(36)25-26-11-13-27(42)14-12-26)18-20-40(31(45)48-34(4,5)6)22-24-41(23-21-39)32(46)49-35(7,8)9/h11-14,28,42H,10,15-25,36H2,1-9H3,(H,37,43). The lowest BCUT2D eigenvalue weighted by atomic mass is 10.1. The normalized spacial score (nSPS) is 16.6. The summed E-state index contributed by atoms with van der Waals surface area (Å²) in [6, 6.07) is 5.84. The molecule has 14 heteroatoms. The van der Waals surface area contributed by atoms with E-state index in [9.17, 15) is 24.3 Å². The minimum absolute atomic E-state index is 0.148. The first-order chi connectivity index (χ1) is 22.6.